The zero-order chi connectivity index (χ0) is 8.39. The summed E-state index contributed by atoms with van der Waals surface area (Å²) >= 11 is 0. The Bertz CT molecular complexity index is 390. The molecule has 60 valence electrons. The lowest BCUT2D eigenvalue weighted by Gasteiger charge is -2.00. The van der Waals surface area contributed by atoms with Crippen LogP contribution in [0.1, 0.15) is 12.5 Å². The van der Waals surface area contributed by atoms with Crippen LogP contribution in [-0.4, -0.2) is 9.97 Å². The fraction of sp³-hybridized carbons (Fsp3) is 0.200. The van der Waals surface area contributed by atoms with Crippen LogP contribution in [0.3, 0.4) is 0 Å². The number of rotatable bonds is 1. The van der Waals surface area contributed by atoms with Crippen molar-refractivity contribution in [2.45, 2.75) is 13.3 Å². The molecule has 12 heavy (non-hydrogen) atoms. The van der Waals surface area contributed by atoms with Gasteiger partial charge < -0.3 is 0 Å². The van der Waals surface area contributed by atoms with Gasteiger partial charge in [-0.25, -0.2) is 9.97 Å². The Labute approximate surface area is 71.3 Å². The van der Waals surface area contributed by atoms with E-state index in [-0.39, 0.29) is 0 Å². The predicted molar refractivity (Wildman–Crippen MR) is 48.9 cm³/mol. The van der Waals surface area contributed by atoms with Gasteiger partial charge in [-0.1, -0.05) is 25.1 Å². The molecule has 0 spiro atoms. The molecule has 0 bridgehead atoms. The van der Waals surface area contributed by atoms with Gasteiger partial charge in [0.05, 0.1) is 5.52 Å². The third kappa shape index (κ3) is 1.05. The van der Waals surface area contributed by atoms with Gasteiger partial charge in [0.25, 0.3) is 0 Å². The summed E-state index contributed by atoms with van der Waals surface area (Å²) in [5.41, 5.74) is 2.37. The molecule has 0 N–H and O–H groups in total. The van der Waals surface area contributed by atoms with E-state index in [9.17, 15) is 0 Å². The van der Waals surface area contributed by atoms with Gasteiger partial charge in [0, 0.05) is 11.6 Å². The van der Waals surface area contributed by atoms with Crippen LogP contribution in [0.2, 0.25) is 0 Å². The third-order valence-corrected chi connectivity index (χ3v) is 2.00. The molecular formula is C10H10N2. The van der Waals surface area contributed by atoms with Crippen LogP contribution < -0.4 is 0 Å². The van der Waals surface area contributed by atoms with Gasteiger partial charge in [-0.05, 0) is 12.0 Å². The minimum Gasteiger partial charge on any atom is -0.244 e. The molecule has 0 saturated heterocycles. The zero-order valence-electron chi connectivity index (χ0n) is 6.99. The van der Waals surface area contributed by atoms with Crippen LogP contribution in [0.15, 0.2) is 30.7 Å². The van der Waals surface area contributed by atoms with Crippen LogP contribution in [0.4, 0.5) is 0 Å². The maximum Gasteiger partial charge on any atom is 0.116 e. The number of aromatic nitrogens is 2. The molecule has 0 aliphatic carbocycles. The maximum atomic E-state index is 4.24. The molecule has 1 aromatic carbocycles. The Morgan fingerprint density at radius 3 is 3.08 bits per heavy atom. The minimum absolute atomic E-state index is 1.02. The Balaban J connectivity index is 2.79. The van der Waals surface area contributed by atoms with E-state index in [1.165, 1.54) is 5.56 Å². The maximum absolute atomic E-state index is 4.24. The molecule has 0 fully saturated rings. The van der Waals surface area contributed by atoms with Gasteiger partial charge in [0.1, 0.15) is 6.33 Å². The quantitative estimate of drug-likeness (QED) is 0.635. The smallest absolute Gasteiger partial charge is 0.116 e. The number of para-hydroxylation sites is 1. The van der Waals surface area contributed by atoms with Crippen molar-refractivity contribution in [3.8, 4) is 0 Å². The second-order valence-corrected chi connectivity index (χ2v) is 2.73. The van der Waals surface area contributed by atoms with Gasteiger partial charge >= 0.3 is 0 Å². The molecule has 1 aromatic heterocycles. The molecule has 0 atom stereocenters. The van der Waals surface area contributed by atoms with Crippen LogP contribution in [-0.2, 0) is 6.42 Å². The number of benzene rings is 1. The van der Waals surface area contributed by atoms with Crippen molar-refractivity contribution in [3.05, 3.63) is 36.3 Å². The van der Waals surface area contributed by atoms with Gasteiger partial charge in [-0.15, -0.1) is 0 Å². The number of aryl methyl sites for hydroxylation is 1. The van der Waals surface area contributed by atoms with Gasteiger partial charge in [0.15, 0.2) is 0 Å². The first-order chi connectivity index (χ1) is 5.92. The average molecular weight is 158 g/mol. The van der Waals surface area contributed by atoms with E-state index in [0.717, 1.165) is 17.3 Å². The SMILES string of the molecule is CCc1cccc2cncnc12. The molecule has 1 heterocycles. The molecule has 0 radical (unpaired) electrons. The normalized spacial score (nSPS) is 10.4. The van der Waals surface area contributed by atoms with Gasteiger partial charge in [-0.2, -0.15) is 0 Å². The fourth-order valence-electron chi connectivity index (χ4n) is 1.36. The van der Waals surface area contributed by atoms with E-state index < -0.39 is 0 Å². The molecule has 2 rings (SSSR count). The second-order valence-electron chi connectivity index (χ2n) is 2.73. The predicted octanol–water partition coefficient (Wildman–Crippen LogP) is 2.19. The van der Waals surface area contributed by atoms with E-state index >= 15 is 0 Å². The van der Waals surface area contributed by atoms with Crippen molar-refractivity contribution in [3.63, 3.8) is 0 Å². The highest BCUT2D eigenvalue weighted by molar-refractivity contribution is 5.80. The first-order valence-corrected chi connectivity index (χ1v) is 4.09. The van der Waals surface area contributed by atoms with Crippen LogP contribution in [0.25, 0.3) is 10.9 Å². The van der Waals surface area contributed by atoms with Crippen molar-refractivity contribution in [1.82, 2.24) is 9.97 Å². The third-order valence-electron chi connectivity index (χ3n) is 2.00. The van der Waals surface area contributed by atoms with Gasteiger partial charge in [-0.3, -0.25) is 0 Å². The standard InChI is InChI=1S/C10H10N2/c1-2-8-4-3-5-9-6-11-7-12-10(8)9/h3-7H,2H2,1H3. The minimum atomic E-state index is 1.02. The monoisotopic (exact) mass is 158 g/mol. The molecule has 0 aliphatic rings. The number of nitrogens with zero attached hydrogens (tertiary/aromatic N) is 2. The molecule has 0 saturated carbocycles. The Morgan fingerprint density at radius 2 is 2.25 bits per heavy atom. The van der Waals surface area contributed by atoms with E-state index in [0.29, 0.717) is 0 Å². The lowest BCUT2D eigenvalue weighted by atomic mass is 10.1. The zero-order valence-corrected chi connectivity index (χ0v) is 6.99. The van der Waals surface area contributed by atoms with Crippen molar-refractivity contribution in [1.29, 1.82) is 0 Å². The highest BCUT2D eigenvalue weighted by Gasteiger charge is 1.97. The number of fused-ring (bicyclic) bond motifs is 1. The highest BCUT2D eigenvalue weighted by Crippen LogP contribution is 2.14. The van der Waals surface area contributed by atoms with Gasteiger partial charge in [0.2, 0.25) is 0 Å². The Hall–Kier alpha value is -1.44. The summed E-state index contributed by atoms with van der Waals surface area (Å²) in [5.74, 6) is 0. The van der Waals surface area contributed by atoms with E-state index in [4.69, 9.17) is 0 Å². The van der Waals surface area contributed by atoms with E-state index in [1.54, 1.807) is 6.33 Å². The fourth-order valence-corrected chi connectivity index (χ4v) is 1.36. The first-order valence-electron chi connectivity index (χ1n) is 4.09. The molecule has 0 unspecified atom stereocenters. The average Bonchev–Trinajstić information content (AvgIpc) is 2.17. The van der Waals surface area contributed by atoms with Crippen molar-refractivity contribution < 1.29 is 0 Å². The summed E-state index contributed by atoms with van der Waals surface area (Å²) in [7, 11) is 0. The summed E-state index contributed by atoms with van der Waals surface area (Å²) in [5, 5.41) is 1.12. The summed E-state index contributed by atoms with van der Waals surface area (Å²) in [6, 6.07) is 6.19. The second kappa shape index (κ2) is 2.89. The number of hydrogen-bond acceptors (Lipinski definition) is 2. The Morgan fingerprint density at radius 1 is 1.33 bits per heavy atom. The molecule has 0 aliphatic heterocycles. The largest absolute Gasteiger partial charge is 0.244 e. The molecule has 0 amide bonds. The summed E-state index contributed by atoms with van der Waals surface area (Å²) < 4.78 is 0. The summed E-state index contributed by atoms with van der Waals surface area (Å²) in [4.78, 5) is 8.22. The Kier molecular flexibility index (Phi) is 1.74. The lowest BCUT2D eigenvalue weighted by molar-refractivity contribution is 1.13. The lowest BCUT2D eigenvalue weighted by Crippen LogP contribution is -1.87. The van der Waals surface area contributed by atoms with Crippen LogP contribution in [0, 0.1) is 0 Å². The molecular weight excluding hydrogens is 148 g/mol. The van der Waals surface area contributed by atoms with E-state index in [2.05, 4.69) is 23.0 Å². The van der Waals surface area contributed by atoms with Crippen molar-refractivity contribution in [2.75, 3.05) is 0 Å². The van der Waals surface area contributed by atoms with Crippen molar-refractivity contribution in [2.24, 2.45) is 0 Å². The molecule has 2 heteroatoms. The topological polar surface area (TPSA) is 25.8 Å². The number of hydrogen-bond donors (Lipinski definition) is 0. The summed E-state index contributed by atoms with van der Waals surface area (Å²) in [6.45, 7) is 2.14. The highest BCUT2D eigenvalue weighted by atomic mass is 14.8. The first kappa shape index (κ1) is 7.22. The molecule has 2 aromatic rings. The van der Waals surface area contributed by atoms with Crippen molar-refractivity contribution >= 4 is 10.9 Å². The van der Waals surface area contributed by atoms with Crippen LogP contribution in [0.5, 0.6) is 0 Å². The van der Waals surface area contributed by atoms with E-state index in [1.807, 2.05) is 18.3 Å². The van der Waals surface area contributed by atoms with Crippen LogP contribution >= 0.6 is 0 Å². The summed E-state index contributed by atoms with van der Waals surface area (Å²) in [6.07, 6.45) is 4.47. The molecule has 2 nitrogen and oxygen atoms in total.